The Labute approximate surface area is 232 Å². The minimum absolute atomic E-state index is 0.00590. The maximum Gasteiger partial charge on any atom is 0.190 e. The van der Waals surface area contributed by atoms with Gasteiger partial charge in [-0.3, -0.25) is 9.59 Å². The van der Waals surface area contributed by atoms with E-state index in [4.69, 9.17) is 0 Å². The molecule has 0 unspecified atom stereocenters. The summed E-state index contributed by atoms with van der Waals surface area (Å²) in [5.74, 6) is 0.778. The number of allylic oxidation sites excluding steroid dienone is 10. The highest BCUT2D eigenvalue weighted by Gasteiger charge is 2.28. The molecule has 2 rings (SSSR count). The second kappa shape index (κ2) is 16.3. The van der Waals surface area contributed by atoms with Crippen molar-refractivity contribution < 1.29 is 9.59 Å². The summed E-state index contributed by atoms with van der Waals surface area (Å²) in [7, 11) is 0. The van der Waals surface area contributed by atoms with E-state index in [2.05, 4.69) is 65.8 Å². The third kappa shape index (κ3) is 10.6. The first-order valence-electron chi connectivity index (χ1n) is 14.6. The van der Waals surface area contributed by atoms with Gasteiger partial charge >= 0.3 is 0 Å². The molecular formula is C36H50O2. The third-order valence-corrected chi connectivity index (χ3v) is 7.59. The smallest absolute Gasteiger partial charge is 0.190 e. The van der Waals surface area contributed by atoms with Gasteiger partial charge in [0.1, 0.15) is 0 Å². The van der Waals surface area contributed by atoms with Crippen molar-refractivity contribution in [1.82, 2.24) is 0 Å². The molecule has 2 heteroatoms. The van der Waals surface area contributed by atoms with Gasteiger partial charge in [0.15, 0.2) is 11.6 Å². The van der Waals surface area contributed by atoms with Crippen LogP contribution in [0.15, 0.2) is 82.0 Å². The van der Waals surface area contributed by atoms with Gasteiger partial charge in [-0.2, -0.15) is 0 Å². The Morgan fingerprint density at radius 3 is 1.63 bits per heavy atom. The number of carbonyl (C=O) groups excluding carboxylic acids is 2. The van der Waals surface area contributed by atoms with Gasteiger partial charge in [-0.15, -0.1) is 0 Å². The van der Waals surface area contributed by atoms with Crippen LogP contribution in [-0.4, -0.2) is 11.6 Å². The minimum atomic E-state index is -0.0206. The van der Waals surface area contributed by atoms with Crippen LogP contribution in [0.25, 0.3) is 0 Å². The van der Waals surface area contributed by atoms with Crippen molar-refractivity contribution in [1.29, 1.82) is 0 Å². The summed E-state index contributed by atoms with van der Waals surface area (Å²) in [6.45, 7) is 15.3. The van der Waals surface area contributed by atoms with Crippen LogP contribution in [0, 0.1) is 5.92 Å². The normalized spacial score (nSPS) is 15.6. The van der Waals surface area contributed by atoms with Crippen LogP contribution in [0.3, 0.4) is 0 Å². The molecule has 0 amide bonds. The minimum Gasteiger partial charge on any atom is -0.289 e. The van der Waals surface area contributed by atoms with Gasteiger partial charge in [0.05, 0.1) is 0 Å². The van der Waals surface area contributed by atoms with Gasteiger partial charge < -0.3 is 0 Å². The lowest BCUT2D eigenvalue weighted by Crippen LogP contribution is -2.20. The zero-order valence-corrected chi connectivity index (χ0v) is 25.1. The maximum absolute atomic E-state index is 12.9. The molecule has 0 fully saturated rings. The van der Waals surface area contributed by atoms with Gasteiger partial charge in [-0.05, 0) is 98.3 Å². The second-order valence-electron chi connectivity index (χ2n) is 11.6. The highest BCUT2D eigenvalue weighted by atomic mass is 16.1. The SMILES string of the molecule is CC1=C(C/C=C(\C)CC/C=C(\C)CC/C=C(\C)CC/C=C(\C)CCCC(C)C)C(=O)c2ccccc2C1=O. The predicted molar refractivity (Wildman–Crippen MR) is 164 cm³/mol. The fourth-order valence-electron chi connectivity index (χ4n) is 4.91. The highest BCUT2D eigenvalue weighted by molar-refractivity contribution is 6.26. The molecule has 0 heterocycles. The fourth-order valence-corrected chi connectivity index (χ4v) is 4.91. The van der Waals surface area contributed by atoms with Gasteiger partial charge in [0.2, 0.25) is 0 Å². The van der Waals surface area contributed by atoms with Crippen molar-refractivity contribution >= 4 is 11.6 Å². The van der Waals surface area contributed by atoms with Crippen LogP contribution in [0.4, 0.5) is 0 Å². The van der Waals surface area contributed by atoms with E-state index in [1.165, 1.54) is 41.6 Å². The summed E-state index contributed by atoms with van der Waals surface area (Å²) < 4.78 is 0. The number of ketones is 2. The first-order chi connectivity index (χ1) is 18.1. The van der Waals surface area contributed by atoms with E-state index in [0.717, 1.165) is 44.4 Å². The van der Waals surface area contributed by atoms with Gasteiger partial charge in [-0.1, -0.05) is 91.1 Å². The van der Waals surface area contributed by atoms with Crippen molar-refractivity contribution in [2.24, 2.45) is 5.92 Å². The molecule has 1 aromatic carbocycles. The predicted octanol–water partition coefficient (Wildman–Crippen LogP) is 10.7. The summed E-state index contributed by atoms with van der Waals surface area (Å²) in [6, 6.07) is 7.15. The summed E-state index contributed by atoms with van der Waals surface area (Å²) in [5, 5.41) is 0. The topological polar surface area (TPSA) is 34.1 Å². The third-order valence-electron chi connectivity index (χ3n) is 7.59. The number of benzene rings is 1. The number of hydrogen-bond acceptors (Lipinski definition) is 2. The van der Waals surface area contributed by atoms with Crippen molar-refractivity contribution in [3.05, 3.63) is 93.1 Å². The number of hydrogen-bond donors (Lipinski definition) is 0. The lowest BCUT2D eigenvalue weighted by Gasteiger charge is -2.18. The molecule has 0 spiro atoms. The summed E-state index contributed by atoms with van der Waals surface area (Å²) in [6.07, 6.45) is 20.2. The molecule has 0 saturated heterocycles. The molecule has 1 aromatic rings. The van der Waals surface area contributed by atoms with E-state index in [1.807, 2.05) is 12.1 Å². The average molecular weight is 515 g/mol. The van der Waals surface area contributed by atoms with Crippen LogP contribution in [-0.2, 0) is 0 Å². The molecule has 0 aliphatic heterocycles. The molecule has 1 aliphatic rings. The molecule has 0 saturated carbocycles. The molecule has 0 bridgehead atoms. The highest BCUT2D eigenvalue weighted by Crippen LogP contribution is 2.28. The Morgan fingerprint density at radius 2 is 1.13 bits per heavy atom. The fraction of sp³-hybridized carbons (Fsp3) is 0.500. The Hall–Kier alpha value is -2.74. The van der Waals surface area contributed by atoms with Crippen molar-refractivity contribution in [2.75, 3.05) is 0 Å². The average Bonchev–Trinajstić information content (AvgIpc) is 2.87. The standard InChI is InChI=1S/C36H50O2/c1-26(2)14-10-15-27(3)16-11-17-28(4)18-12-19-29(5)20-13-21-30(6)24-25-32-31(7)35(37)33-22-8-9-23-34(33)36(32)38/h8-9,16,18,20,22-24,26H,10-15,17,19,21,25H2,1-7H3/b27-16+,28-18+,29-20+,30-24+. The van der Waals surface area contributed by atoms with Crippen LogP contribution >= 0.6 is 0 Å². The largest absolute Gasteiger partial charge is 0.289 e. The van der Waals surface area contributed by atoms with E-state index in [0.29, 0.717) is 28.7 Å². The summed E-state index contributed by atoms with van der Waals surface area (Å²) in [5.41, 5.74) is 8.02. The number of rotatable bonds is 15. The van der Waals surface area contributed by atoms with Crippen LogP contribution in [0.5, 0.6) is 0 Å². The Kier molecular flexibility index (Phi) is 13.5. The Balaban J connectivity index is 1.73. The molecule has 0 aromatic heterocycles. The quantitative estimate of drug-likeness (QED) is 0.218. The van der Waals surface area contributed by atoms with Crippen LogP contribution in [0.1, 0.15) is 133 Å². The first-order valence-corrected chi connectivity index (χ1v) is 14.6. The molecule has 38 heavy (non-hydrogen) atoms. The molecule has 0 atom stereocenters. The molecular weight excluding hydrogens is 464 g/mol. The van der Waals surface area contributed by atoms with Gasteiger partial charge in [0.25, 0.3) is 0 Å². The van der Waals surface area contributed by atoms with Gasteiger partial charge in [0, 0.05) is 22.3 Å². The van der Waals surface area contributed by atoms with E-state index in [9.17, 15) is 9.59 Å². The summed E-state index contributed by atoms with van der Waals surface area (Å²) >= 11 is 0. The lowest BCUT2D eigenvalue weighted by molar-refractivity contribution is 0.0973. The first kappa shape index (κ1) is 31.5. The summed E-state index contributed by atoms with van der Waals surface area (Å²) in [4.78, 5) is 25.6. The zero-order valence-electron chi connectivity index (χ0n) is 25.1. The van der Waals surface area contributed by atoms with Gasteiger partial charge in [-0.25, -0.2) is 0 Å². The molecule has 0 radical (unpaired) electrons. The van der Waals surface area contributed by atoms with E-state index < -0.39 is 0 Å². The van der Waals surface area contributed by atoms with Crippen molar-refractivity contribution in [3.8, 4) is 0 Å². The maximum atomic E-state index is 12.9. The number of fused-ring (bicyclic) bond motifs is 1. The van der Waals surface area contributed by atoms with Crippen LogP contribution in [0.2, 0.25) is 0 Å². The Morgan fingerprint density at radius 1 is 0.684 bits per heavy atom. The molecule has 0 N–H and O–H groups in total. The van der Waals surface area contributed by atoms with E-state index in [1.54, 1.807) is 19.1 Å². The zero-order chi connectivity index (χ0) is 28.1. The molecule has 2 nitrogen and oxygen atoms in total. The molecule has 206 valence electrons. The Bertz CT molecular complexity index is 1120. The molecule has 1 aliphatic carbocycles. The number of carbonyl (C=O) groups is 2. The van der Waals surface area contributed by atoms with E-state index >= 15 is 0 Å². The van der Waals surface area contributed by atoms with E-state index in [-0.39, 0.29) is 11.6 Å². The number of Topliss-reactive ketones (excluding diaryl/α,β-unsaturated/α-hetero) is 2. The second-order valence-corrected chi connectivity index (χ2v) is 11.6. The van der Waals surface area contributed by atoms with Crippen LogP contribution < -0.4 is 0 Å². The van der Waals surface area contributed by atoms with Crippen molar-refractivity contribution in [2.45, 2.75) is 113 Å². The lowest BCUT2D eigenvalue weighted by atomic mass is 9.83. The monoisotopic (exact) mass is 514 g/mol. The van der Waals surface area contributed by atoms with Crippen molar-refractivity contribution in [3.63, 3.8) is 0 Å².